The molecule has 86 valence electrons. The van der Waals surface area contributed by atoms with E-state index in [1.807, 2.05) is 13.1 Å². The molecular formula is C14H18ClN. The van der Waals surface area contributed by atoms with Gasteiger partial charge in [-0.05, 0) is 62.6 Å². The van der Waals surface area contributed by atoms with Gasteiger partial charge in [-0.15, -0.1) is 0 Å². The van der Waals surface area contributed by atoms with Gasteiger partial charge in [0.15, 0.2) is 0 Å². The second-order valence-corrected chi connectivity index (χ2v) is 5.27. The van der Waals surface area contributed by atoms with Crippen LogP contribution in [0.3, 0.4) is 0 Å². The number of nitrogens with one attached hydrogen (secondary N) is 1. The molecule has 0 saturated carbocycles. The molecule has 0 aromatic heterocycles. The van der Waals surface area contributed by atoms with Gasteiger partial charge in [0.2, 0.25) is 0 Å². The van der Waals surface area contributed by atoms with Crippen LogP contribution < -0.4 is 5.32 Å². The van der Waals surface area contributed by atoms with Crippen LogP contribution in [0.5, 0.6) is 0 Å². The van der Waals surface area contributed by atoms with Gasteiger partial charge in [0, 0.05) is 10.6 Å². The van der Waals surface area contributed by atoms with E-state index in [-0.39, 0.29) is 5.54 Å². The quantitative estimate of drug-likeness (QED) is 0.825. The van der Waals surface area contributed by atoms with Gasteiger partial charge in [-0.25, -0.2) is 0 Å². The number of hydrogen-bond acceptors (Lipinski definition) is 1. The Morgan fingerprint density at radius 2 is 2.06 bits per heavy atom. The number of allylic oxidation sites excluding steroid dienone is 1. The molecule has 0 amide bonds. The second kappa shape index (κ2) is 4.23. The van der Waals surface area contributed by atoms with Crippen LogP contribution in [0.1, 0.15) is 31.4 Å². The Hall–Kier alpha value is -0.790. The third-order valence-corrected chi connectivity index (χ3v) is 3.66. The Bertz CT molecular complexity index is 432. The van der Waals surface area contributed by atoms with Gasteiger partial charge in [0.1, 0.15) is 0 Å². The molecule has 1 aliphatic carbocycles. The van der Waals surface area contributed by atoms with Crippen molar-refractivity contribution >= 4 is 17.2 Å². The minimum Gasteiger partial charge on any atom is -0.311 e. The van der Waals surface area contributed by atoms with Crippen molar-refractivity contribution in [1.29, 1.82) is 0 Å². The van der Waals surface area contributed by atoms with Crippen molar-refractivity contribution in [1.82, 2.24) is 5.32 Å². The number of benzene rings is 1. The van der Waals surface area contributed by atoms with Crippen LogP contribution >= 0.6 is 11.6 Å². The lowest BCUT2D eigenvalue weighted by Gasteiger charge is -2.31. The van der Waals surface area contributed by atoms with Crippen molar-refractivity contribution in [2.75, 3.05) is 7.05 Å². The van der Waals surface area contributed by atoms with Crippen LogP contribution in [0.15, 0.2) is 24.3 Å². The Labute approximate surface area is 103 Å². The second-order valence-electron chi connectivity index (χ2n) is 4.83. The Balaban J connectivity index is 2.51. The smallest absolute Gasteiger partial charge is 0.0412 e. The first-order valence-corrected chi connectivity index (χ1v) is 6.11. The summed E-state index contributed by atoms with van der Waals surface area (Å²) in [6, 6.07) is 6.22. The molecule has 0 radical (unpaired) electrons. The zero-order valence-corrected chi connectivity index (χ0v) is 10.9. The van der Waals surface area contributed by atoms with Crippen LogP contribution in [0, 0.1) is 0 Å². The lowest BCUT2D eigenvalue weighted by Crippen LogP contribution is -2.38. The van der Waals surface area contributed by atoms with E-state index < -0.39 is 0 Å². The molecule has 1 aliphatic rings. The van der Waals surface area contributed by atoms with E-state index >= 15 is 0 Å². The zero-order chi connectivity index (χ0) is 11.8. The highest BCUT2D eigenvalue weighted by atomic mass is 35.5. The summed E-state index contributed by atoms with van der Waals surface area (Å²) in [5.41, 5.74) is 4.07. The largest absolute Gasteiger partial charge is 0.311 e. The van der Waals surface area contributed by atoms with Gasteiger partial charge in [0.25, 0.3) is 0 Å². The molecular weight excluding hydrogens is 218 g/mol. The molecule has 0 bridgehead atoms. The van der Waals surface area contributed by atoms with Gasteiger partial charge < -0.3 is 5.32 Å². The molecule has 1 aromatic carbocycles. The molecule has 0 atom stereocenters. The van der Waals surface area contributed by atoms with Gasteiger partial charge >= 0.3 is 0 Å². The fourth-order valence-corrected chi connectivity index (χ4v) is 2.40. The Morgan fingerprint density at radius 1 is 1.31 bits per heavy atom. The van der Waals surface area contributed by atoms with Gasteiger partial charge in [-0.2, -0.15) is 0 Å². The van der Waals surface area contributed by atoms with E-state index in [1.165, 1.54) is 16.7 Å². The third-order valence-electron chi connectivity index (χ3n) is 3.42. The minimum absolute atomic E-state index is 0.000147. The van der Waals surface area contributed by atoms with Crippen molar-refractivity contribution in [2.24, 2.45) is 0 Å². The lowest BCUT2D eigenvalue weighted by molar-refractivity contribution is 0.541. The third kappa shape index (κ3) is 2.02. The van der Waals surface area contributed by atoms with Crippen molar-refractivity contribution < 1.29 is 0 Å². The number of hydrogen-bond donors (Lipinski definition) is 1. The molecule has 1 N–H and O–H groups in total. The highest BCUT2D eigenvalue weighted by Gasteiger charge is 2.25. The van der Waals surface area contributed by atoms with E-state index in [1.54, 1.807) is 0 Å². The minimum atomic E-state index is -0.000147. The van der Waals surface area contributed by atoms with Crippen molar-refractivity contribution in [3.63, 3.8) is 0 Å². The SMILES string of the molecule is CNC(C)(C)C1=CCCc2ccc(Cl)cc21. The summed E-state index contributed by atoms with van der Waals surface area (Å²) in [5, 5.41) is 4.18. The maximum atomic E-state index is 6.09. The summed E-state index contributed by atoms with van der Waals surface area (Å²) < 4.78 is 0. The predicted octanol–water partition coefficient (Wildman–Crippen LogP) is 3.67. The van der Waals surface area contributed by atoms with E-state index in [0.29, 0.717) is 0 Å². The molecule has 0 unspecified atom stereocenters. The van der Waals surface area contributed by atoms with Crippen LogP contribution in [-0.4, -0.2) is 12.6 Å². The maximum absolute atomic E-state index is 6.09. The first-order valence-electron chi connectivity index (χ1n) is 5.73. The highest BCUT2D eigenvalue weighted by Crippen LogP contribution is 2.35. The van der Waals surface area contributed by atoms with Crippen molar-refractivity contribution in [3.8, 4) is 0 Å². The topological polar surface area (TPSA) is 12.0 Å². The van der Waals surface area contributed by atoms with Crippen LogP contribution in [-0.2, 0) is 6.42 Å². The molecule has 0 aliphatic heterocycles. The predicted molar refractivity (Wildman–Crippen MR) is 70.9 cm³/mol. The average Bonchev–Trinajstić information content (AvgIpc) is 2.28. The van der Waals surface area contributed by atoms with Gasteiger partial charge in [-0.1, -0.05) is 23.7 Å². The van der Waals surface area contributed by atoms with Crippen LogP contribution in [0.2, 0.25) is 5.02 Å². The Kier molecular flexibility index (Phi) is 3.09. The number of aryl methyl sites for hydroxylation is 1. The molecule has 0 heterocycles. The summed E-state index contributed by atoms with van der Waals surface area (Å²) >= 11 is 6.09. The van der Waals surface area contributed by atoms with E-state index in [9.17, 15) is 0 Å². The van der Waals surface area contributed by atoms with Crippen LogP contribution in [0.25, 0.3) is 5.57 Å². The van der Waals surface area contributed by atoms with E-state index in [2.05, 4.69) is 37.4 Å². The van der Waals surface area contributed by atoms with E-state index in [4.69, 9.17) is 11.6 Å². The Morgan fingerprint density at radius 3 is 2.75 bits per heavy atom. The normalized spacial score (nSPS) is 15.6. The fraction of sp³-hybridized carbons (Fsp3) is 0.429. The van der Waals surface area contributed by atoms with Crippen LogP contribution in [0.4, 0.5) is 0 Å². The van der Waals surface area contributed by atoms with Gasteiger partial charge in [-0.3, -0.25) is 0 Å². The lowest BCUT2D eigenvalue weighted by atomic mass is 9.81. The number of fused-ring (bicyclic) bond motifs is 1. The summed E-state index contributed by atoms with van der Waals surface area (Å²) in [7, 11) is 2.00. The molecule has 2 heteroatoms. The monoisotopic (exact) mass is 235 g/mol. The standard InChI is InChI=1S/C14H18ClN/c1-14(2,16-3)13-6-4-5-10-7-8-11(15)9-12(10)13/h6-9,16H,4-5H2,1-3H3. The zero-order valence-electron chi connectivity index (χ0n) is 10.1. The molecule has 2 rings (SSSR count). The molecule has 0 fully saturated rings. The van der Waals surface area contributed by atoms with E-state index in [0.717, 1.165) is 17.9 Å². The molecule has 0 spiro atoms. The summed E-state index contributed by atoms with van der Waals surface area (Å²) in [4.78, 5) is 0. The summed E-state index contributed by atoms with van der Waals surface area (Å²) in [5.74, 6) is 0. The number of halogens is 1. The first kappa shape index (κ1) is 11.7. The fourth-order valence-electron chi connectivity index (χ4n) is 2.23. The average molecular weight is 236 g/mol. The van der Waals surface area contributed by atoms with Crippen molar-refractivity contribution in [2.45, 2.75) is 32.2 Å². The van der Waals surface area contributed by atoms with Gasteiger partial charge in [0.05, 0.1) is 0 Å². The molecule has 16 heavy (non-hydrogen) atoms. The number of rotatable bonds is 2. The maximum Gasteiger partial charge on any atom is 0.0412 e. The number of likely N-dealkylation sites (N-methyl/N-ethyl adjacent to an activating group) is 1. The first-order chi connectivity index (χ1) is 7.54. The highest BCUT2D eigenvalue weighted by molar-refractivity contribution is 6.30. The summed E-state index contributed by atoms with van der Waals surface area (Å²) in [6.45, 7) is 4.41. The molecule has 0 saturated heterocycles. The molecule has 1 aromatic rings. The summed E-state index contributed by atoms with van der Waals surface area (Å²) in [6.07, 6.45) is 4.57. The molecule has 1 nitrogen and oxygen atoms in total. The van der Waals surface area contributed by atoms with Crippen molar-refractivity contribution in [3.05, 3.63) is 40.4 Å².